The van der Waals surface area contributed by atoms with E-state index in [1.807, 2.05) is 0 Å². The first kappa shape index (κ1) is 17.9. The molecule has 1 fully saturated rings. The second-order valence-corrected chi connectivity index (χ2v) is 7.87. The molecule has 0 saturated carbocycles. The van der Waals surface area contributed by atoms with E-state index in [1.54, 1.807) is 20.8 Å². The normalized spacial score (nSPS) is 25.6. The molecule has 0 amide bonds. The summed E-state index contributed by atoms with van der Waals surface area (Å²) in [6.07, 6.45) is 0.975. The highest BCUT2D eigenvalue weighted by atomic mass is 16.6. The maximum Gasteiger partial charge on any atom is 0.152 e. The van der Waals surface area contributed by atoms with E-state index in [0.717, 1.165) is 12.8 Å². The molecule has 1 saturated heterocycles. The quantitative estimate of drug-likeness (QED) is 0.671. The number of hydrogen-bond donors (Lipinski definition) is 3. The third-order valence-corrected chi connectivity index (χ3v) is 3.72. The molecule has 0 aromatic rings. The fourth-order valence-electron chi connectivity index (χ4n) is 3.26. The Labute approximate surface area is 123 Å². The van der Waals surface area contributed by atoms with E-state index >= 15 is 0 Å². The van der Waals surface area contributed by atoms with Crippen molar-refractivity contribution in [3.8, 4) is 0 Å². The summed E-state index contributed by atoms with van der Waals surface area (Å²) >= 11 is 0. The van der Waals surface area contributed by atoms with Crippen molar-refractivity contribution in [1.29, 1.82) is 0 Å². The Morgan fingerprint density at radius 3 is 2.05 bits per heavy atom. The average Bonchev–Trinajstić information content (AvgIpc) is 2.09. The molecule has 5 nitrogen and oxygen atoms in total. The van der Waals surface area contributed by atoms with Gasteiger partial charge in [0.05, 0.1) is 11.7 Å². The van der Waals surface area contributed by atoms with E-state index < -0.39 is 11.9 Å². The molecule has 1 aliphatic heterocycles. The van der Waals surface area contributed by atoms with Crippen LogP contribution in [0.1, 0.15) is 61.3 Å². The molecule has 0 radical (unpaired) electrons. The molecule has 0 aromatic carbocycles. The topological polar surface area (TPSA) is 65.0 Å². The van der Waals surface area contributed by atoms with E-state index in [2.05, 4.69) is 38.1 Å². The number of nitrogens with one attached hydrogen (secondary N) is 1. The number of aliphatic hydroxyl groups is 2. The highest BCUT2D eigenvalue weighted by Gasteiger charge is 2.46. The summed E-state index contributed by atoms with van der Waals surface area (Å²) in [6.45, 7) is 14.4. The summed E-state index contributed by atoms with van der Waals surface area (Å²) in [5.41, 5.74) is 2.39. The van der Waals surface area contributed by atoms with Gasteiger partial charge in [0.15, 0.2) is 6.29 Å². The third kappa shape index (κ3) is 4.97. The van der Waals surface area contributed by atoms with Crippen molar-refractivity contribution in [1.82, 2.24) is 10.4 Å². The van der Waals surface area contributed by atoms with Crippen LogP contribution >= 0.6 is 0 Å². The molecule has 3 N–H and O–H groups in total. The third-order valence-electron chi connectivity index (χ3n) is 3.72. The molecule has 120 valence electrons. The number of aliphatic hydroxyl groups excluding tert-OH is 1. The monoisotopic (exact) mass is 288 g/mol. The van der Waals surface area contributed by atoms with Crippen LogP contribution in [0.5, 0.6) is 0 Å². The first-order valence-electron chi connectivity index (χ1n) is 7.43. The summed E-state index contributed by atoms with van der Waals surface area (Å²) in [5.74, 6) is 0. The first-order valence-corrected chi connectivity index (χ1v) is 7.43. The number of hydrazine groups is 1. The van der Waals surface area contributed by atoms with Crippen LogP contribution in [0.3, 0.4) is 0 Å². The predicted octanol–water partition coefficient (Wildman–Crippen LogP) is 1.64. The van der Waals surface area contributed by atoms with Crippen molar-refractivity contribution in [2.24, 2.45) is 0 Å². The zero-order valence-electron chi connectivity index (χ0n) is 14.0. The van der Waals surface area contributed by atoms with Crippen molar-refractivity contribution in [3.05, 3.63) is 0 Å². The smallest absolute Gasteiger partial charge is 0.152 e. The van der Waals surface area contributed by atoms with Gasteiger partial charge in [-0.1, -0.05) is 0 Å². The zero-order chi connectivity index (χ0) is 15.8. The predicted molar refractivity (Wildman–Crippen MR) is 80.1 cm³/mol. The van der Waals surface area contributed by atoms with Crippen LogP contribution in [0.15, 0.2) is 0 Å². The molecule has 1 atom stereocenters. The largest absolute Gasteiger partial charge is 0.389 e. The van der Waals surface area contributed by atoms with Gasteiger partial charge < -0.3 is 14.9 Å². The van der Waals surface area contributed by atoms with Crippen LogP contribution in [0, 0.1) is 0 Å². The summed E-state index contributed by atoms with van der Waals surface area (Å²) in [5, 5.41) is 21.6. The lowest BCUT2D eigenvalue weighted by atomic mass is 9.79. The molecule has 1 rings (SSSR count). The van der Waals surface area contributed by atoms with Gasteiger partial charge in [0.25, 0.3) is 0 Å². The van der Waals surface area contributed by atoms with Crippen molar-refractivity contribution in [3.63, 3.8) is 0 Å². The van der Waals surface area contributed by atoms with E-state index in [1.165, 1.54) is 0 Å². The minimum atomic E-state index is -0.751. The number of rotatable bonds is 5. The van der Waals surface area contributed by atoms with Gasteiger partial charge in [0.2, 0.25) is 0 Å². The molecule has 0 spiro atoms. The molecule has 0 bridgehead atoms. The van der Waals surface area contributed by atoms with Gasteiger partial charge in [-0.2, -0.15) is 0 Å². The number of hydrogen-bond acceptors (Lipinski definition) is 5. The maximum atomic E-state index is 9.91. The lowest BCUT2D eigenvalue weighted by molar-refractivity contribution is -0.186. The lowest BCUT2D eigenvalue weighted by Gasteiger charge is -2.55. The van der Waals surface area contributed by atoms with Crippen molar-refractivity contribution < 1.29 is 14.9 Å². The molecular weight excluding hydrogens is 256 g/mol. The van der Waals surface area contributed by atoms with Crippen molar-refractivity contribution in [2.45, 2.75) is 90.4 Å². The fraction of sp³-hybridized carbons (Fsp3) is 1.00. The van der Waals surface area contributed by atoms with Gasteiger partial charge in [-0.05, 0) is 61.3 Å². The van der Waals surface area contributed by atoms with Crippen LogP contribution in [-0.4, -0.2) is 50.8 Å². The van der Waals surface area contributed by atoms with Gasteiger partial charge in [0, 0.05) is 17.6 Å². The van der Waals surface area contributed by atoms with Crippen LogP contribution in [0.4, 0.5) is 0 Å². The number of ether oxygens (including phenoxy) is 1. The second-order valence-electron chi connectivity index (χ2n) is 7.87. The number of piperidine rings is 1. The maximum absolute atomic E-state index is 9.91. The number of nitrogens with zero attached hydrogens (tertiary/aromatic N) is 1. The van der Waals surface area contributed by atoms with Gasteiger partial charge in [-0.15, -0.1) is 0 Å². The SMILES string of the molecule is CC(O)OC1CC(C)(C)N(NCC(C)(C)O)C(C)(C)C1. The lowest BCUT2D eigenvalue weighted by Crippen LogP contribution is -2.68. The summed E-state index contributed by atoms with van der Waals surface area (Å²) in [7, 11) is 0. The van der Waals surface area contributed by atoms with Gasteiger partial charge in [-0.25, -0.2) is 5.01 Å². The van der Waals surface area contributed by atoms with Crippen molar-refractivity contribution in [2.75, 3.05) is 6.54 Å². The van der Waals surface area contributed by atoms with Crippen molar-refractivity contribution >= 4 is 0 Å². The molecule has 1 aliphatic rings. The van der Waals surface area contributed by atoms with Gasteiger partial charge in [0.1, 0.15) is 0 Å². The molecule has 1 unspecified atom stereocenters. The highest BCUT2D eigenvalue weighted by Crippen LogP contribution is 2.38. The summed E-state index contributed by atoms with van der Waals surface area (Å²) in [6, 6.07) is 0. The van der Waals surface area contributed by atoms with E-state index in [-0.39, 0.29) is 17.2 Å². The minimum absolute atomic E-state index is 0.0418. The van der Waals surface area contributed by atoms with Crippen LogP contribution < -0.4 is 5.43 Å². The minimum Gasteiger partial charge on any atom is -0.389 e. The summed E-state index contributed by atoms with van der Waals surface area (Å²) < 4.78 is 5.61. The average molecular weight is 288 g/mol. The van der Waals surface area contributed by atoms with Gasteiger partial charge >= 0.3 is 0 Å². The Hall–Kier alpha value is -0.200. The zero-order valence-corrected chi connectivity index (χ0v) is 14.0. The Morgan fingerprint density at radius 2 is 1.70 bits per heavy atom. The molecule has 0 aromatic heterocycles. The Kier molecular flexibility index (Phi) is 5.26. The molecule has 0 aliphatic carbocycles. The fourth-order valence-corrected chi connectivity index (χ4v) is 3.26. The Morgan fingerprint density at radius 1 is 1.25 bits per heavy atom. The van der Waals surface area contributed by atoms with E-state index in [0.29, 0.717) is 6.54 Å². The van der Waals surface area contributed by atoms with Crippen LogP contribution in [0.2, 0.25) is 0 Å². The summed E-state index contributed by atoms with van der Waals surface area (Å²) in [4.78, 5) is 0. The van der Waals surface area contributed by atoms with Crippen LogP contribution in [0.25, 0.3) is 0 Å². The molecule has 5 heteroatoms. The molecule has 20 heavy (non-hydrogen) atoms. The second kappa shape index (κ2) is 5.89. The standard InChI is InChI=1S/C15H32N2O3/c1-11(18)20-12-8-13(2,3)17(14(4,5)9-12)16-10-15(6,7)19/h11-12,16,18-19H,8-10H2,1-7H3. The first-order chi connectivity index (χ1) is 8.83. The molecule has 1 heterocycles. The Balaban J connectivity index is 2.80. The van der Waals surface area contributed by atoms with E-state index in [4.69, 9.17) is 4.74 Å². The van der Waals surface area contributed by atoms with E-state index in [9.17, 15) is 10.2 Å². The highest BCUT2D eigenvalue weighted by molar-refractivity contribution is 4.99. The molecular formula is C15H32N2O3. The Bertz CT molecular complexity index is 304. The van der Waals surface area contributed by atoms with Gasteiger partial charge in [-0.3, -0.25) is 5.43 Å². The van der Waals surface area contributed by atoms with Crippen LogP contribution in [-0.2, 0) is 4.74 Å².